The second-order valence-electron chi connectivity index (χ2n) is 3.69. The average Bonchev–Trinajstić information content (AvgIpc) is 2.15. The van der Waals surface area contributed by atoms with Gasteiger partial charge in [-0.1, -0.05) is 6.92 Å². The van der Waals surface area contributed by atoms with Crippen molar-refractivity contribution in [2.75, 3.05) is 18.1 Å². The molecule has 0 aromatic rings. The van der Waals surface area contributed by atoms with Crippen molar-refractivity contribution in [3.63, 3.8) is 0 Å². The molecule has 15 heavy (non-hydrogen) atoms. The molecule has 0 radical (unpaired) electrons. The molecule has 0 unspecified atom stereocenters. The molecule has 0 aliphatic carbocycles. The van der Waals surface area contributed by atoms with Gasteiger partial charge in [-0.2, -0.15) is 0 Å². The van der Waals surface area contributed by atoms with Gasteiger partial charge < -0.3 is 5.73 Å². The van der Waals surface area contributed by atoms with E-state index in [0.29, 0.717) is 19.4 Å². The standard InChI is InChI=1S/C10H21NO3S/c1-2-8-15(13,14)9-6-10(12)5-3-4-7-11/h2-9,11H2,1H3. The number of hydrogen-bond acceptors (Lipinski definition) is 4. The van der Waals surface area contributed by atoms with Gasteiger partial charge in [0.1, 0.15) is 5.78 Å². The molecule has 0 amide bonds. The third-order valence-electron chi connectivity index (χ3n) is 2.12. The van der Waals surface area contributed by atoms with Gasteiger partial charge in [-0.05, 0) is 25.8 Å². The van der Waals surface area contributed by atoms with E-state index in [1.165, 1.54) is 0 Å². The molecule has 90 valence electrons. The van der Waals surface area contributed by atoms with Crippen LogP contribution in [0.4, 0.5) is 0 Å². The Morgan fingerprint density at radius 3 is 2.33 bits per heavy atom. The molecule has 0 aromatic heterocycles. The summed E-state index contributed by atoms with van der Waals surface area (Å²) in [6, 6.07) is 0. The van der Waals surface area contributed by atoms with Crippen LogP contribution in [0.25, 0.3) is 0 Å². The molecule has 0 atom stereocenters. The topological polar surface area (TPSA) is 77.2 Å². The summed E-state index contributed by atoms with van der Waals surface area (Å²) in [6.07, 6.45) is 2.83. The van der Waals surface area contributed by atoms with Gasteiger partial charge in [-0.25, -0.2) is 8.42 Å². The highest BCUT2D eigenvalue weighted by Gasteiger charge is 2.11. The van der Waals surface area contributed by atoms with Crippen LogP contribution >= 0.6 is 0 Å². The van der Waals surface area contributed by atoms with Crippen LogP contribution in [-0.4, -0.2) is 32.3 Å². The molecule has 0 rings (SSSR count). The fraction of sp³-hybridized carbons (Fsp3) is 0.900. The van der Waals surface area contributed by atoms with Gasteiger partial charge in [-0.15, -0.1) is 0 Å². The summed E-state index contributed by atoms with van der Waals surface area (Å²) in [7, 11) is -3.00. The molecule has 5 heteroatoms. The van der Waals surface area contributed by atoms with Crippen molar-refractivity contribution in [1.82, 2.24) is 0 Å². The van der Waals surface area contributed by atoms with E-state index in [1.54, 1.807) is 0 Å². The molecule has 0 saturated heterocycles. The summed E-state index contributed by atoms with van der Waals surface area (Å²) in [4.78, 5) is 11.3. The van der Waals surface area contributed by atoms with E-state index in [0.717, 1.165) is 12.8 Å². The van der Waals surface area contributed by atoms with Crippen LogP contribution in [0.5, 0.6) is 0 Å². The third kappa shape index (κ3) is 8.57. The monoisotopic (exact) mass is 235 g/mol. The molecule has 0 fully saturated rings. The summed E-state index contributed by atoms with van der Waals surface area (Å²) in [5.74, 6) is 0.217. The number of hydrogen-bond donors (Lipinski definition) is 1. The first-order valence-electron chi connectivity index (χ1n) is 5.44. The van der Waals surface area contributed by atoms with Gasteiger partial charge in [0.05, 0.1) is 5.75 Å². The van der Waals surface area contributed by atoms with Crippen molar-refractivity contribution >= 4 is 15.6 Å². The third-order valence-corrected chi connectivity index (χ3v) is 3.97. The Hall–Kier alpha value is -0.420. The molecule has 0 bridgehead atoms. The number of carbonyl (C=O) groups is 1. The molecular formula is C10H21NO3S. The highest BCUT2D eigenvalue weighted by molar-refractivity contribution is 7.91. The minimum absolute atomic E-state index is 0.00228. The first kappa shape index (κ1) is 14.6. The SMILES string of the molecule is CCCS(=O)(=O)CCC(=O)CCCCN. The molecule has 4 nitrogen and oxygen atoms in total. The maximum absolute atomic E-state index is 11.3. The summed E-state index contributed by atoms with van der Waals surface area (Å²) < 4.78 is 22.6. The zero-order chi connectivity index (χ0) is 11.7. The van der Waals surface area contributed by atoms with Crippen molar-refractivity contribution in [1.29, 1.82) is 0 Å². The predicted molar refractivity (Wildman–Crippen MR) is 61.5 cm³/mol. The van der Waals surface area contributed by atoms with Gasteiger partial charge in [0.2, 0.25) is 0 Å². The Morgan fingerprint density at radius 1 is 1.13 bits per heavy atom. The second kappa shape index (κ2) is 7.82. The molecule has 0 aliphatic rings. The number of Topliss-reactive ketones (excluding diaryl/α,β-unsaturated/α-hetero) is 1. The molecule has 0 heterocycles. The van der Waals surface area contributed by atoms with Crippen LogP contribution < -0.4 is 5.73 Å². The van der Waals surface area contributed by atoms with Gasteiger partial charge in [-0.3, -0.25) is 4.79 Å². The summed E-state index contributed by atoms with van der Waals surface area (Å²) >= 11 is 0. The van der Waals surface area contributed by atoms with Crippen molar-refractivity contribution < 1.29 is 13.2 Å². The number of rotatable bonds is 9. The summed E-state index contributed by atoms with van der Waals surface area (Å²) in [5, 5.41) is 0. The Bertz CT molecular complexity index is 272. The number of unbranched alkanes of at least 4 members (excludes halogenated alkanes) is 1. The number of carbonyl (C=O) groups excluding carboxylic acids is 1. The maximum Gasteiger partial charge on any atom is 0.150 e. The largest absolute Gasteiger partial charge is 0.330 e. The normalized spacial score (nSPS) is 11.6. The molecular weight excluding hydrogens is 214 g/mol. The van der Waals surface area contributed by atoms with Gasteiger partial charge in [0, 0.05) is 18.6 Å². The van der Waals surface area contributed by atoms with Crippen molar-refractivity contribution in [3.05, 3.63) is 0 Å². The molecule has 0 aliphatic heterocycles. The fourth-order valence-corrected chi connectivity index (χ4v) is 2.64. The van der Waals surface area contributed by atoms with E-state index in [4.69, 9.17) is 5.73 Å². The van der Waals surface area contributed by atoms with Crippen LogP contribution in [0, 0.1) is 0 Å². The Balaban J connectivity index is 3.71. The minimum Gasteiger partial charge on any atom is -0.330 e. The Labute approximate surface area is 92.2 Å². The Kier molecular flexibility index (Phi) is 7.60. The van der Waals surface area contributed by atoms with Crippen LogP contribution in [-0.2, 0) is 14.6 Å². The minimum atomic E-state index is -3.00. The van der Waals surface area contributed by atoms with Gasteiger partial charge in [0.15, 0.2) is 9.84 Å². The zero-order valence-corrected chi connectivity index (χ0v) is 10.2. The average molecular weight is 235 g/mol. The summed E-state index contributed by atoms with van der Waals surface area (Å²) in [6.45, 7) is 2.40. The van der Waals surface area contributed by atoms with E-state index in [-0.39, 0.29) is 23.7 Å². The second-order valence-corrected chi connectivity index (χ2v) is 5.99. The molecule has 0 aromatic carbocycles. The predicted octanol–water partition coefficient (Wildman–Crippen LogP) is 0.899. The van der Waals surface area contributed by atoms with Crippen LogP contribution in [0.2, 0.25) is 0 Å². The number of sulfone groups is 1. The quantitative estimate of drug-likeness (QED) is 0.602. The lowest BCUT2D eigenvalue weighted by Crippen LogP contribution is -2.14. The first-order valence-corrected chi connectivity index (χ1v) is 7.26. The van der Waals surface area contributed by atoms with E-state index in [1.807, 2.05) is 6.92 Å². The lowest BCUT2D eigenvalue weighted by atomic mass is 10.1. The van der Waals surface area contributed by atoms with Crippen LogP contribution in [0.3, 0.4) is 0 Å². The smallest absolute Gasteiger partial charge is 0.150 e. The molecule has 2 N–H and O–H groups in total. The zero-order valence-electron chi connectivity index (χ0n) is 9.37. The van der Waals surface area contributed by atoms with Crippen LogP contribution in [0.15, 0.2) is 0 Å². The van der Waals surface area contributed by atoms with Crippen LogP contribution in [0.1, 0.15) is 39.0 Å². The van der Waals surface area contributed by atoms with Crippen molar-refractivity contribution in [2.24, 2.45) is 5.73 Å². The van der Waals surface area contributed by atoms with E-state index < -0.39 is 9.84 Å². The lowest BCUT2D eigenvalue weighted by Gasteiger charge is -2.02. The summed E-state index contributed by atoms with van der Waals surface area (Å²) in [5.41, 5.74) is 5.29. The van der Waals surface area contributed by atoms with Crippen molar-refractivity contribution in [3.8, 4) is 0 Å². The van der Waals surface area contributed by atoms with Gasteiger partial charge >= 0.3 is 0 Å². The Morgan fingerprint density at radius 2 is 1.80 bits per heavy atom. The van der Waals surface area contributed by atoms with E-state index >= 15 is 0 Å². The highest BCUT2D eigenvalue weighted by Crippen LogP contribution is 2.02. The van der Waals surface area contributed by atoms with E-state index in [2.05, 4.69) is 0 Å². The number of ketones is 1. The molecule has 0 saturated carbocycles. The van der Waals surface area contributed by atoms with Gasteiger partial charge in [0.25, 0.3) is 0 Å². The molecule has 0 spiro atoms. The highest BCUT2D eigenvalue weighted by atomic mass is 32.2. The maximum atomic E-state index is 11.3. The van der Waals surface area contributed by atoms with Crippen molar-refractivity contribution in [2.45, 2.75) is 39.0 Å². The number of nitrogens with two attached hydrogens (primary N) is 1. The lowest BCUT2D eigenvalue weighted by molar-refractivity contribution is -0.118. The van der Waals surface area contributed by atoms with E-state index in [9.17, 15) is 13.2 Å². The fourth-order valence-electron chi connectivity index (χ4n) is 1.27. The first-order chi connectivity index (χ1) is 7.02.